The quantitative estimate of drug-likeness (QED) is 0.329. The van der Waals surface area contributed by atoms with Crippen LogP contribution in [0, 0.1) is 0 Å². The number of aryl methyl sites for hydroxylation is 2. The van der Waals surface area contributed by atoms with Gasteiger partial charge in [0.2, 0.25) is 0 Å². The smallest absolute Gasteiger partial charge is 0.177 e. The Morgan fingerprint density at radius 2 is 2.43 bits per heavy atom. The zero-order chi connectivity index (χ0) is 10.6. The topological polar surface area (TPSA) is 82.2 Å². The maximum Gasteiger partial charge on any atom is 0.177 e. The molecule has 0 aromatic carbocycles. The van der Waals surface area contributed by atoms with E-state index in [-0.39, 0.29) is 0 Å². The zero-order valence-corrected chi connectivity index (χ0v) is 9.21. The van der Waals surface area contributed by atoms with Gasteiger partial charge >= 0.3 is 0 Å². The Morgan fingerprint density at radius 1 is 1.71 bits per heavy atom. The van der Waals surface area contributed by atoms with Crippen LogP contribution in [0.2, 0.25) is 0 Å². The molecule has 1 rings (SSSR count). The first-order chi connectivity index (χ1) is 6.67. The summed E-state index contributed by atoms with van der Waals surface area (Å²) in [4.78, 5) is 0. The van der Waals surface area contributed by atoms with Crippen molar-refractivity contribution in [2.75, 3.05) is 0 Å². The van der Waals surface area contributed by atoms with Gasteiger partial charge < -0.3 is 11.6 Å². The van der Waals surface area contributed by atoms with Crippen LogP contribution in [0.3, 0.4) is 0 Å². The second-order valence-electron chi connectivity index (χ2n) is 2.86. The summed E-state index contributed by atoms with van der Waals surface area (Å²) in [7, 11) is 1.92. The summed E-state index contributed by atoms with van der Waals surface area (Å²) in [6.07, 6.45) is 0.943. The first-order valence-corrected chi connectivity index (χ1v) is 5.33. The van der Waals surface area contributed by atoms with Crippen molar-refractivity contribution in [3.8, 4) is 0 Å². The fourth-order valence-corrected chi connectivity index (χ4v) is 1.70. The number of hydrogen-bond acceptors (Lipinski definition) is 4. The molecule has 1 heterocycles. The van der Waals surface area contributed by atoms with E-state index in [1.807, 2.05) is 11.7 Å². The van der Waals surface area contributed by atoms with Gasteiger partial charge in [-0.15, -0.1) is 0 Å². The van der Waals surface area contributed by atoms with Crippen LogP contribution in [-0.4, -0.2) is 14.9 Å². The van der Waals surface area contributed by atoms with Crippen molar-refractivity contribution in [2.24, 2.45) is 23.7 Å². The molecule has 0 unspecified atom stereocenters. The third kappa shape index (κ3) is 2.66. The number of nitrogens with zero attached hydrogens (tertiary/aromatic N) is 3. The van der Waals surface area contributed by atoms with Gasteiger partial charge in [0.25, 0.3) is 0 Å². The van der Waals surface area contributed by atoms with E-state index in [1.54, 1.807) is 0 Å². The van der Waals surface area contributed by atoms with Gasteiger partial charge in [-0.25, -0.2) is 0 Å². The van der Waals surface area contributed by atoms with E-state index in [0.29, 0.717) is 5.17 Å². The Kier molecular flexibility index (Phi) is 3.82. The second kappa shape index (κ2) is 4.90. The number of nitrogens with two attached hydrogens (primary N) is 2. The van der Waals surface area contributed by atoms with Crippen LogP contribution in [0.4, 0.5) is 0 Å². The van der Waals surface area contributed by atoms with Crippen LogP contribution in [0.1, 0.15) is 18.3 Å². The van der Waals surface area contributed by atoms with Gasteiger partial charge in [0.05, 0.1) is 5.69 Å². The molecule has 0 aliphatic heterocycles. The molecule has 0 amide bonds. The van der Waals surface area contributed by atoms with Gasteiger partial charge in [-0.05, 0) is 12.5 Å². The van der Waals surface area contributed by atoms with Gasteiger partial charge in [0.1, 0.15) is 0 Å². The number of hydrazone groups is 1. The van der Waals surface area contributed by atoms with E-state index in [9.17, 15) is 0 Å². The van der Waals surface area contributed by atoms with Crippen LogP contribution >= 0.6 is 11.8 Å². The lowest BCUT2D eigenvalue weighted by Gasteiger charge is -1.99. The fourth-order valence-electron chi connectivity index (χ4n) is 1.06. The molecule has 0 aliphatic rings. The largest absolute Gasteiger partial charge is 0.377 e. The molecule has 0 atom stereocenters. The minimum absolute atomic E-state index is 0.393. The molecule has 1 aromatic heterocycles. The summed E-state index contributed by atoms with van der Waals surface area (Å²) in [6.45, 7) is 2.08. The van der Waals surface area contributed by atoms with Crippen LogP contribution < -0.4 is 11.6 Å². The molecule has 5 nitrogen and oxygen atoms in total. The van der Waals surface area contributed by atoms with E-state index in [4.69, 9.17) is 11.6 Å². The van der Waals surface area contributed by atoms with Crippen LogP contribution in [0.25, 0.3) is 0 Å². The van der Waals surface area contributed by atoms with Crippen LogP contribution in [0.5, 0.6) is 0 Å². The van der Waals surface area contributed by atoms with Gasteiger partial charge in [0, 0.05) is 18.5 Å². The highest BCUT2D eigenvalue weighted by Gasteiger charge is 2.04. The Hall–Kier alpha value is -1.17. The maximum atomic E-state index is 5.47. The number of thioether (sulfide) groups is 1. The lowest BCUT2D eigenvalue weighted by atomic mass is 10.3. The monoisotopic (exact) mass is 213 g/mol. The summed E-state index contributed by atoms with van der Waals surface area (Å²) in [6, 6.07) is 2.07. The molecule has 0 spiro atoms. The molecule has 78 valence electrons. The van der Waals surface area contributed by atoms with E-state index in [2.05, 4.69) is 23.2 Å². The molecule has 0 aliphatic carbocycles. The Balaban J connectivity index is 2.62. The minimum atomic E-state index is 0.393. The summed E-state index contributed by atoms with van der Waals surface area (Å²) in [5, 5.41) is 8.11. The van der Waals surface area contributed by atoms with Crippen molar-refractivity contribution in [3.05, 3.63) is 17.5 Å². The zero-order valence-electron chi connectivity index (χ0n) is 8.40. The molecular weight excluding hydrogens is 198 g/mol. The van der Waals surface area contributed by atoms with Gasteiger partial charge in [-0.1, -0.05) is 18.7 Å². The molecule has 1 aromatic rings. The predicted octanol–water partition coefficient (Wildman–Crippen LogP) is 0.404. The third-order valence-corrected chi connectivity index (χ3v) is 2.73. The van der Waals surface area contributed by atoms with Crippen LogP contribution in [0.15, 0.2) is 11.2 Å². The third-order valence-electron chi connectivity index (χ3n) is 1.88. The Bertz CT molecular complexity index is 330. The molecule has 0 bridgehead atoms. The van der Waals surface area contributed by atoms with E-state index in [0.717, 1.165) is 23.6 Å². The first kappa shape index (κ1) is 10.9. The average molecular weight is 213 g/mol. The maximum absolute atomic E-state index is 5.47. The predicted molar refractivity (Wildman–Crippen MR) is 59.7 cm³/mol. The van der Waals surface area contributed by atoms with Crippen molar-refractivity contribution in [1.82, 2.24) is 9.78 Å². The van der Waals surface area contributed by atoms with Gasteiger partial charge in [0.15, 0.2) is 5.17 Å². The second-order valence-corrected chi connectivity index (χ2v) is 3.86. The number of rotatable bonds is 3. The summed E-state index contributed by atoms with van der Waals surface area (Å²) >= 11 is 1.41. The number of hydrogen-bond donors (Lipinski definition) is 2. The lowest BCUT2D eigenvalue weighted by Crippen LogP contribution is -2.10. The molecule has 6 heteroatoms. The minimum Gasteiger partial charge on any atom is -0.377 e. The highest BCUT2D eigenvalue weighted by molar-refractivity contribution is 8.13. The highest BCUT2D eigenvalue weighted by atomic mass is 32.2. The molecule has 0 radical (unpaired) electrons. The molecular formula is C8H15N5S. The standard InChI is InChI=1S/C8H15N5S/c1-3-6-4-7(13(2)12-6)5-14-8(9)11-10/h4H,3,5,10H2,1-2H3,(H2,9,11). The highest BCUT2D eigenvalue weighted by Crippen LogP contribution is 2.12. The van der Waals surface area contributed by atoms with E-state index in [1.165, 1.54) is 11.8 Å². The summed E-state index contributed by atoms with van der Waals surface area (Å²) in [5.41, 5.74) is 7.68. The van der Waals surface area contributed by atoms with Crippen LogP contribution in [-0.2, 0) is 19.2 Å². The van der Waals surface area contributed by atoms with E-state index >= 15 is 0 Å². The Morgan fingerprint density at radius 3 is 2.93 bits per heavy atom. The van der Waals surface area contributed by atoms with Gasteiger partial charge in [-0.2, -0.15) is 10.2 Å². The average Bonchev–Trinajstić information content (AvgIpc) is 2.55. The molecule has 0 fully saturated rings. The molecule has 0 saturated heterocycles. The summed E-state index contributed by atoms with van der Waals surface area (Å²) in [5.74, 6) is 5.77. The van der Waals surface area contributed by atoms with Crippen molar-refractivity contribution >= 4 is 16.9 Å². The molecule has 0 saturated carbocycles. The molecule has 4 N–H and O–H groups in total. The number of aromatic nitrogens is 2. The first-order valence-electron chi connectivity index (χ1n) is 4.35. The lowest BCUT2D eigenvalue weighted by molar-refractivity contribution is 0.720. The van der Waals surface area contributed by atoms with Crippen molar-refractivity contribution in [2.45, 2.75) is 19.1 Å². The van der Waals surface area contributed by atoms with Crippen molar-refractivity contribution in [3.63, 3.8) is 0 Å². The SMILES string of the molecule is CCc1cc(CSC(N)=NN)n(C)n1. The Labute approximate surface area is 87.5 Å². The van der Waals surface area contributed by atoms with Crippen molar-refractivity contribution < 1.29 is 0 Å². The number of amidine groups is 1. The van der Waals surface area contributed by atoms with Gasteiger partial charge in [-0.3, -0.25) is 4.68 Å². The summed E-state index contributed by atoms with van der Waals surface area (Å²) < 4.78 is 1.86. The van der Waals surface area contributed by atoms with Crippen molar-refractivity contribution in [1.29, 1.82) is 0 Å². The fraction of sp³-hybridized carbons (Fsp3) is 0.500. The molecule has 14 heavy (non-hydrogen) atoms. The van der Waals surface area contributed by atoms with E-state index < -0.39 is 0 Å². The normalized spacial score (nSPS) is 12.0.